The zero-order valence-corrected chi connectivity index (χ0v) is 17.1. The highest BCUT2D eigenvalue weighted by Crippen LogP contribution is 2.42. The Balaban J connectivity index is 1.55. The van der Waals surface area contributed by atoms with Gasteiger partial charge in [0.15, 0.2) is 5.69 Å². The second-order valence-corrected chi connectivity index (χ2v) is 8.05. The van der Waals surface area contributed by atoms with Gasteiger partial charge in [-0.05, 0) is 12.8 Å². The van der Waals surface area contributed by atoms with Crippen LogP contribution in [0.2, 0.25) is 0 Å². The summed E-state index contributed by atoms with van der Waals surface area (Å²) in [5.41, 5.74) is 1.82. The maximum Gasteiger partial charge on any atom is 0.276 e. The van der Waals surface area contributed by atoms with Crippen LogP contribution in [0.25, 0.3) is 0 Å². The molecule has 156 valence electrons. The van der Waals surface area contributed by atoms with Crippen LogP contribution in [-0.2, 0) is 21.5 Å². The maximum atomic E-state index is 12.9. The minimum Gasteiger partial charge on any atom is -0.375 e. The molecule has 0 aromatic carbocycles. The molecule has 0 atom stereocenters. The molecular weight excluding hydrogens is 374 g/mol. The number of imidazole rings is 1. The first-order valence-electron chi connectivity index (χ1n) is 10.0. The molecule has 1 saturated heterocycles. The van der Waals surface area contributed by atoms with Gasteiger partial charge in [0.2, 0.25) is 5.91 Å². The number of aromatic amines is 1. The van der Waals surface area contributed by atoms with Crippen molar-refractivity contribution in [3.63, 3.8) is 0 Å². The molecular formula is C20H27N5O4. The number of likely N-dealkylation sites (tertiary alicyclic amines) is 1. The average molecular weight is 401 g/mol. The second kappa shape index (κ2) is 7.62. The lowest BCUT2D eigenvalue weighted by molar-refractivity contribution is -0.145. The number of fused-ring (bicyclic) bond motifs is 2. The van der Waals surface area contributed by atoms with Crippen LogP contribution in [0.3, 0.4) is 0 Å². The van der Waals surface area contributed by atoms with Gasteiger partial charge in [-0.2, -0.15) is 0 Å². The highest BCUT2D eigenvalue weighted by atomic mass is 16.5. The van der Waals surface area contributed by atoms with E-state index in [-0.39, 0.29) is 24.3 Å². The molecule has 4 rings (SSSR count). The Morgan fingerprint density at radius 1 is 1.31 bits per heavy atom. The molecule has 29 heavy (non-hydrogen) atoms. The highest BCUT2D eigenvalue weighted by molar-refractivity contribution is 5.92. The summed E-state index contributed by atoms with van der Waals surface area (Å²) in [6, 6.07) is 1.72. The van der Waals surface area contributed by atoms with Gasteiger partial charge < -0.3 is 24.0 Å². The second-order valence-electron chi connectivity index (χ2n) is 8.05. The molecule has 0 radical (unpaired) electrons. The van der Waals surface area contributed by atoms with Crippen LogP contribution in [0.15, 0.2) is 16.9 Å². The fourth-order valence-corrected chi connectivity index (χ4v) is 4.45. The summed E-state index contributed by atoms with van der Waals surface area (Å²) < 4.78 is 10.4. The van der Waals surface area contributed by atoms with Crippen molar-refractivity contribution in [2.75, 3.05) is 33.4 Å². The molecule has 0 saturated carbocycles. The van der Waals surface area contributed by atoms with Gasteiger partial charge in [0.05, 0.1) is 17.6 Å². The smallest absolute Gasteiger partial charge is 0.276 e. The lowest BCUT2D eigenvalue weighted by atomic mass is 9.78. The van der Waals surface area contributed by atoms with Gasteiger partial charge >= 0.3 is 0 Å². The normalized spacial score (nSPS) is 18.3. The van der Waals surface area contributed by atoms with Crippen LogP contribution in [0.5, 0.6) is 0 Å². The van der Waals surface area contributed by atoms with E-state index in [0.29, 0.717) is 43.9 Å². The first-order valence-corrected chi connectivity index (χ1v) is 10.0. The Kier molecular flexibility index (Phi) is 5.16. The minimum absolute atomic E-state index is 0.0426. The van der Waals surface area contributed by atoms with E-state index >= 15 is 0 Å². The number of ether oxygens (including phenoxy) is 1. The number of hydrogen-bond donors (Lipinski definition) is 1. The zero-order valence-electron chi connectivity index (χ0n) is 17.1. The van der Waals surface area contributed by atoms with E-state index in [4.69, 9.17) is 9.26 Å². The highest BCUT2D eigenvalue weighted by Gasteiger charge is 2.49. The third-order valence-corrected chi connectivity index (χ3v) is 6.02. The van der Waals surface area contributed by atoms with Crippen LogP contribution < -0.4 is 0 Å². The number of carbonyl (C=O) groups is 2. The largest absolute Gasteiger partial charge is 0.375 e. The van der Waals surface area contributed by atoms with E-state index in [0.717, 1.165) is 17.8 Å². The van der Waals surface area contributed by atoms with Crippen LogP contribution in [-0.4, -0.2) is 70.1 Å². The van der Waals surface area contributed by atoms with Gasteiger partial charge in [-0.3, -0.25) is 9.59 Å². The van der Waals surface area contributed by atoms with E-state index in [1.807, 2.05) is 18.7 Å². The van der Waals surface area contributed by atoms with Gasteiger partial charge in [0.25, 0.3) is 5.91 Å². The number of carbonyl (C=O) groups excluding carboxylic acids is 2. The summed E-state index contributed by atoms with van der Waals surface area (Å²) in [5.74, 6) is 0.697. The standard InChI is InChI=1S/C20H27N5O4/c1-13(2)16-10-15(23-29-16)19(27)24-8-5-20(6-9-24)18-14(21-12-22-18)4-7-25(20)17(26)11-28-3/h10,12-13H,4-9,11H2,1-3H3,(H,21,22). The van der Waals surface area contributed by atoms with E-state index in [1.54, 1.807) is 17.3 Å². The van der Waals surface area contributed by atoms with Crippen molar-refractivity contribution < 1.29 is 18.8 Å². The SMILES string of the molecule is COCC(=O)N1CCc2[nH]cnc2C12CCN(C(=O)c1cc(C(C)C)on1)CC2. The van der Waals surface area contributed by atoms with Crippen molar-refractivity contribution in [3.05, 3.63) is 35.2 Å². The number of H-pyrrole nitrogens is 1. The molecule has 2 aromatic heterocycles. The summed E-state index contributed by atoms with van der Waals surface area (Å²) in [4.78, 5) is 37.1. The number of nitrogens with zero attached hydrogens (tertiary/aromatic N) is 4. The quantitative estimate of drug-likeness (QED) is 0.836. The number of nitrogens with one attached hydrogen (secondary N) is 1. The van der Waals surface area contributed by atoms with Gasteiger partial charge in [-0.1, -0.05) is 19.0 Å². The van der Waals surface area contributed by atoms with E-state index in [1.165, 1.54) is 7.11 Å². The molecule has 0 bridgehead atoms. The summed E-state index contributed by atoms with van der Waals surface area (Å²) in [6.07, 6.45) is 3.69. The lowest BCUT2D eigenvalue weighted by Gasteiger charge is -2.50. The maximum absolute atomic E-state index is 12.9. The summed E-state index contributed by atoms with van der Waals surface area (Å²) in [5, 5.41) is 3.95. The molecule has 0 unspecified atom stereocenters. The van der Waals surface area contributed by atoms with E-state index in [2.05, 4.69) is 15.1 Å². The van der Waals surface area contributed by atoms with Gasteiger partial charge in [-0.15, -0.1) is 0 Å². The van der Waals surface area contributed by atoms with Crippen molar-refractivity contribution in [1.29, 1.82) is 0 Å². The van der Waals surface area contributed by atoms with Crippen molar-refractivity contribution in [2.45, 2.75) is 44.6 Å². The Bertz CT molecular complexity index is 894. The van der Waals surface area contributed by atoms with Crippen LogP contribution >= 0.6 is 0 Å². The van der Waals surface area contributed by atoms with E-state index in [9.17, 15) is 9.59 Å². The Hall–Kier alpha value is -2.68. The zero-order chi connectivity index (χ0) is 20.6. The molecule has 1 N–H and O–H groups in total. The number of rotatable bonds is 4. The topological polar surface area (TPSA) is 105 Å². The fraction of sp³-hybridized carbons (Fsp3) is 0.600. The van der Waals surface area contributed by atoms with Gasteiger partial charge in [0.1, 0.15) is 12.4 Å². The third kappa shape index (κ3) is 3.33. The molecule has 2 aliphatic heterocycles. The fourth-order valence-electron chi connectivity index (χ4n) is 4.45. The Morgan fingerprint density at radius 2 is 2.07 bits per heavy atom. The molecule has 0 aliphatic carbocycles. The van der Waals surface area contributed by atoms with E-state index < -0.39 is 5.54 Å². The molecule has 2 amide bonds. The van der Waals surface area contributed by atoms with Crippen molar-refractivity contribution in [3.8, 4) is 0 Å². The minimum atomic E-state index is -0.507. The Labute approximate surface area is 169 Å². The average Bonchev–Trinajstić information content (AvgIpc) is 3.39. The molecule has 4 heterocycles. The number of amides is 2. The molecule has 9 heteroatoms. The third-order valence-electron chi connectivity index (χ3n) is 6.02. The molecule has 1 spiro atoms. The van der Waals surface area contributed by atoms with Crippen molar-refractivity contribution in [2.24, 2.45) is 0 Å². The molecule has 2 aromatic rings. The number of aromatic nitrogens is 3. The first kappa shape index (κ1) is 19.6. The number of methoxy groups -OCH3 is 1. The monoisotopic (exact) mass is 401 g/mol. The predicted octanol–water partition coefficient (Wildman–Crippen LogP) is 1.68. The number of hydrogen-bond acceptors (Lipinski definition) is 6. The first-order chi connectivity index (χ1) is 14.0. The van der Waals surface area contributed by atoms with Crippen LogP contribution in [0.4, 0.5) is 0 Å². The predicted molar refractivity (Wildman–Crippen MR) is 103 cm³/mol. The van der Waals surface area contributed by atoms with Crippen molar-refractivity contribution in [1.82, 2.24) is 24.9 Å². The molecule has 1 fully saturated rings. The lowest BCUT2D eigenvalue weighted by Crippen LogP contribution is -2.59. The molecule has 2 aliphatic rings. The van der Waals surface area contributed by atoms with Crippen molar-refractivity contribution >= 4 is 11.8 Å². The number of piperidine rings is 1. The van der Waals surface area contributed by atoms with Gasteiger partial charge in [-0.25, -0.2) is 4.98 Å². The summed E-state index contributed by atoms with van der Waals surface area (Å²) in [6.45, 7) is 5.69. The van der Waals surface area contributed by atoms with Crippen LogP contribution in [0.1, 0.15) is 60.2 Å². The van der Waals surface area contributed by atoms with Gasteiger partial charge in [0, 0.05) is 50.8 Å². The van der Waals surface area contributed by atoms with Crippen LogP contribution in [0, 0.1) is 0 Å². The Morgan fingerprint density at radius 3 is 2.72 bits per heavy atom. The molecule has 9 nitrogen and oxygen atoms in total. The summed E-state index contributed by atoms with van der Waals surface area (Å²) in [7, 11) is 1.53. The summed E-state index contributed by atoms with van der Waals surface area (Å²) >= 11 is 0.